The lowest BCUT2D eigenvalue weighted by molar-refractivity contribution is 0.151. The van der Waals surface area contributed by atoms with E-state index in [1.54, 1.807) is 24.3 Å². The van der Waals surface area contributed by atoms with Crippen molar-refractivity contribution in [1.82, 2.24) is 15.1 Å². The van der Waals surface area contributed by atoms with Crippen molar-refractivity contribution in [2.24, 2.45) is 5.92 Å². The molecular formula is C27H36FN3O3. The Morgan fingerprint density at radius 1 is 1.03 bits per heavy atom. The van der Waals surface area contributed by atoms with Gasteiger partial charge in [0.05, 0.1) is 7.11 Å². The van der Waals surface area contributed by atoms with Crippen LogP contribution in [-0.2, 0) is 13.0 Å². The third-order valence-corrected chi connectivity index (χ3v) is 7.22. The van der Waals surface area contributed by atoms with Crippen LogP contribution in [0.1, 0.15) is 43.2 Å². The monoisotopic (exact) mass is 469 g/mol. The number of urea groups is 1. The van der Waals surface area contributed by atoms with Gasteiger partial charge < -0.3 is 20.1 Å². The standard InChI is InChI=1S/C27H36FN3O3/c1-34-26-9-6-22(18-25(26)28)19-30-14-12-23(13-15-30)29-27(33)31-16-10-21(11-17-31)3-2-20-4-7-24(32)8-5-20/h4-9,18,21,23,32H,2-3,10-17,19H2,1H3,(H,29,33). The molecule has 4 rings (SSSR count). The zero-order chi connectivity index (χ0) is 23.9. The van der Waals surface area contributed by atoms with Crippen molar-refractivity contribution in [1.29, 1.82) is 0 Å². The molecule has 2 aromatic rings. The summed E-state index contributed by atoms with van der Waals surface area (Å²) in [4.78, 5) is 17.0. The molecule has 0 unspecified atom stereocenters. The molecule has 7 heteroatoms. The van der Waals surface area contributed by atoms with Crippen LogP contribution in [0.5, 0.6) is 11.5 Å². The predicted molar refractivity (Wildman–Crippen MR) is 131 cm³/mol. The first-order valence-electron chi connectivity index (χ1n) is 12.4. The average Bonchev–Trinajstić information content (AvgIpc) is 2.85. The Kier molecular flexibility index (Phi) is 8.27. The molecular weight excluding hydrogens is 433 g/mol. The van der Waals surface area contributed by atoms with Gasteiger partial charge in [0.2, 0.25) is 0 Å². The summed E-state index contributed by atoms with van der Waals surface area (Å²) in [6.45, 7) is 4.11. The first-order valence-corrected chi connectivity index (χ1v) is 12.4. The van der Waals surface area contributed by atoms with Gasteiger partial charge in [-0.1, -0.05) is 18.2 Å². The van der Waals surface area contributed by atoms with Crippen LogP contribution in [0.4, 0.5) is 9.18 Å². The third kappa shape index (κ3) is 6.63. The maximum absolute atomic E-state index is 13.9. The Hall–Kier alpha value is -2.80. The van der Waals surface area contributed by atoms with Gasteiger partial charge in [-0.15, -0.1) is 0 Å². The molecule has 2 heterocycles. The van der Waals surface area contributed by atoms with Crippen molar-refractivity contribution in [3.63, 3.8) is 0 Å². The summed E-state index contributed by atoms with van der Waals surface area (Å²) in [5.74, 6) is 0.892. The molecule has 2 aliphatic rings. The van der Waals surface area contributed by atoms with Gasteiger partial charge in [-0.2, -0.15) is 0 Å². The molecule has 184 valence electrons. The molecule has 0 aliphatic carbocycles. The lowest BCUT2D eigenvalue weighted by Crippen LogP contribution is -2.50. The van der Waals surface area contributed by atoms with Crippen LogP contribution in [0.15, 0.2) is 42.5 Å². The highest BCUT2D eigenvalue weighted by Crippen LogP contribution is 2.24. The molecule has 0 radical (unpaired) electrons. The molecule has 2 aliphatic heterocycles. The highest BCUT2D eigenvalue weighted by Gasteiger charge is 2.26. The summed E-state index contributed by atoms with van der Waals surface area (Å²) in [6, 6.07) is 12.8. The number of piperidine rings is 2. The fourth-order valence-corrected chi connectivity index (χ4v) is 5.03. The second kappa shape index (κ2) is 11.6. The maximum atomic E-state index is 13.9. The number of ether oxygens (including phenoxy) is 1. The van der Waals surface area contributed by atoms with E-state index < -0.39 is 0 Å². The molecule has 2 saturated heterocycles. The van der Waals surface area contributed by atoms with E-state index in [-0.39, 0.29) is 23.6 Å². The molecule has 0 saturated carbocycles. The topological polar surface area (TPSA) is 65.0 Å². The zero-order valence-electron chi connectivity index (χ0n) is 20.0. The molecule has 2 amide bonds. The number of carbonyl (C=O) groups is 1. The molecule has 2 aromatic carbocycles. The Bertz CT molecular complexity index is 937. The minimum atomic E-state index is -0.328. The molecule has 6 nitrogen and oxygen atoms in total. The number of benzene rings is 2. The van der Waals surface area contributed by atoms with Crippen molar-refractivity contribution < 1.29 is 19.0 Å². The number of aryl methyl sites for hydroxylation is 1. The number of nitrogens with zero attached hydrogens (tertiary/aromatic N) is 2. The van der Waals surface area contributed by atoms with Crippen LogP contribution in [-0.4, -0.2) is 60.3 Å². The predicted octanol–water partition coefficient (Wildman–Crippen LogP) is 4.56. The molecule has 0 bridgehead atoms. The van der Waals surface area contributed by atoms with Crippen LogP contribution in [0, 0.1) is 11.7 Å². The average molecular weight is 470 g/mol. The quantitative estimate of drug-likeness (QED) is 0.624. The summed E-state index contributed by atoms with van der Waals surface area (Å²) < 4.78 is 18.9. The minimum absolute atomic E-state index is 0.0626. The lowest BCUT2D eigenvalue weighted by Gasteiger charge is -2.36. The number of phenols is 1. The van der Waals surface area contributed by atoms with E-state index >= 15 is 0 Å². The highest BCUT2D eigenvalue weighted by atomic mass is 19.1. The highest BCUT2D eigenvalue weighted by molar-refractivity contribution is 5.74. The van der Waals surface area contributed by atoms with Gasteiger partial charge in [0.1, 0.15) is 5.75 Å². The molecule has 0 aromatic heterocycles. The second-order valence-electron chi connectivity index (χ2n) is 9.60. The normalized spacial score (nSPS) is 18.1. The van der Waals surface area contributed by atoms with Crippen molar-refractivity contribution in [3.05, 3.63) is 59.4 Å². The van der Waals surface area contributed by atoms with Crippen molar-refractivity contribution in [2.75, 3.05) is 33.3 Å². The lowest BCUT2D eigenvalue weighted by atomic mass is 9.90. The van der Waals surface area contributed by atoms with E-state index in [0.29, 0.717) is 18.2 Å². The van der Waals surface area contributed by atoms with Gasteiger partial charge in [-0.05, 0) is 79.8 Å². The van der Waals surface area contributed by atoms with Crippen molar-refractivity contribution >= 4 is 6.03 Å². The Labute approximate surface area is 201 Å². The fourth-order valence-electron chi connectivity index (χ4n) is 5.03. The number of likely N-dealkylation sites (tertiary alicyclic amines) is 2. The van der Waals surface area contributed by atoms with Crippen LogP contribution in [0.25, 0.3) is 0 Å². The van der Waals surface area contributed by atoms with Crippen LogP contribution in [0.2, 0.25) is 0 Å². The molecule has 0 spiro atoms. The second-order valence-corrected chi connectivity index (χ2v) is 9.60. The van der Waals surface area contributed by atoms with E-state index in [4.69, 9.17) is 4.74 Å². The van der Waals surface area contributed by atoms with Gasteiger partial charge in [-0.25, -0.2) is 9.18 Å². The van der Waals surface area contributed by atoms with Crippen LogP contribution < -0.4 is 10.1 Å². The fraction of sp³-hybridized carbons (Fsp3) is 0.519. The number of aromatic hydroxyl groups is 1. The van der Waals surface area contributed by atoms with Gasteiger partial charge in [0.15, 0.2) is 11.6 Å². The Morgan fingerprint density at radius 2 is 1.71 bits per heavy atom. The number of amides is 2. The van der Waals surface area contributed by atoms with Gasteiger partial charge >= 0.3 is 6.03 Å². The van der Waals surface area contributed by atoms with Crippen molar-refractivity contribution in [2.45, 2.75) is 51.1 Å². The van der Waals surface area contributed by atoms with E-state index in [1.807, 2.05) is 23.1 Å². The van der Waals surface area contributed by atoms with Gasteiger partial charge in [0.25, 0.3) is 0 Å². The smallest absolute Gasteiger partial charge is 0.317 e. The maximum Gasteiger partial charge on any atom is 0.317 e. The summed E-state index contributed by atoms with van der Waals surface area (Å²) in [7, 11) is 1.47. The van der Waals surface area contributed by atoms with E-state index in [0.717, 1.165) is 70.3 Å². The van der Waals surface area contributed by atoms with Gasteiger partial charge in [0, 0.05) is 38.8 Å². The number of hydrogen-bond donors (Lipinski definition) is 2. The summed E-state index contributed by atoms with van der Waals surface area (Å²) in [6.07, 6.45) is 6.04. The van der Waals surface area contributed by atoms with Crippen molar-refractivity contribution in [3.8, 4) is 11.5 Å². The molecule has 0 atom stereocenters. The number of halogens is 1. The largest absolute Gasteiger partial charge is 0.508 e. The van der Waals surface area contributed by atoms with Gasteiger partial charge in [-0.3, -0.25) is 4.90 Å². The Balaban J connectivity index is 1.14. The number of hydrogen-bond acceptors (Lipinski definition) is 4. The molecule has 34 heavy (non-hydrogen) atoms. The summed E-state index contributed by atoms with van der Waals surface area (Å²) in [5.41, 5.74) is 2.19. The van der Waals surface area contributed by atoms with E-state index in [1.165, 1.54) is 12.7 Å². The number of phenolic OH excluding ortho intramolecular Hbond substituents is 1. The van der Waals surface area contributed by atoms with E-state index in [9.17, 15) is 14.3 Å². The summed E-state index contributed by atoms with van der Waals surface area (Å²) >= 11 is 0. The van der Waals surface area contributed by atoms with E-state index in [2.05, 4.69) is 10.2 Å². The van der Waals surface area contributed by atoms with Crippen LogP contribution in [0.3, 0.4) is 0 Å². The molecule has 2 N–H and O–H groups in total. The number of methoxy groups -OCH3 is 1. The SMILES string of the molecule is COc1ccc(CN2CCC(NC(=O)N3CCC(CCc4ccc(O)cc4)CC3)CC2)cc1F. The first kappa shape index (κ1) is 24.3. The Morgan fingerprint density at radius 3 is 2.35 bits per heavy atom. The number of rotatable bonds is 7. The summed E-state index contributed by atoms with van der Waals surface area (Å²) in [5, 5.41) is 12.6. The zero-order valence-corrected chi connectivity index (χ0v) is 20.0. The minimum Gasteiger partial charge on any atom is -0.508 e. The first-order chi connectivity index (χ1) is 16.5. The number of nitrogens with one attached hydrogen (secondary N) is 1. The molecule has 2 fully saturated rings. The third-order valence-electron chi connectivity index (χ3n) is 7.22. The number of carbonyl (C=O) groups excluding carboxylic acids is 1. The van der Waals surface area contributed by atoms with Crippen LogP contribution >= 0.6 is 0 Å².